The van der Waals surface area contributed by atoms with Crippen molar-refractivity contribution < 1.29 is 147 Å². The summed E-state index contributed by atoms with van der Waals surface area (Å²) in [6, 6.07) is 93.6. The molecule has 0 aromatic heterocycles. The fourth-order valence-corrected chi connectivity index (χ4v) is 18.1. The minimum Gasteiger partial charge on any atom is -0.457 e. The fourth-order valence-electron chi connectivity index (χ4n) is 18.1. The molecule has 5 saturated heterocycles. The van der Waals surface area contributed by atoms with Crippen molar-refractivity contribution in [2.75, 3.05) is 33.0 Å². The van der Waals surface area contributed by atoms with Crippen LogP contribution in [0.3, 0.4) is 0 Å². The lowest BCUT2D eigenvalue weighted by Gasteiger charge is -2.52. The molecular formula is C113H126O31. The van der Waals surface area contributed by atoms with Crippen LogP contribution in [0.5, 0.6) is 0 Å². The fraction of sp³-hybridized carbons (Fsp3) is 0.416. The van der Waals surface area contributed by atoms with Crippen LogP contribution in [0, 0.1) is 0 Å². The van der Waals surface area contributed by atoms with Crippen molar-refractivity contribution in [3.8, 4) is 0 Å². The van der Waals surface area contributed by atoms with Crippen LogP contribution >= 0.6 is 0 Å². The maximum Gasteiger partial charge on any atom is 0.303 e. The third kappa shape index (κ3) is 31.4. The summed E-state index contributed by atoms with van der Waals surface area (Å²) in [7, 11) is 0. The molecule has 0 bridgehead atoms. The van der Waals surface area contributed by atoms with Gasteiger partial charge in [-0.15, -0.1) is 0 Å². The second-order valence-electron chi connectivity index (χ2n) is 35.7. The van der Waals surface area contributed by atoms with E-state index in [1.807, 2.05) is 303 Å². The molecular weight excluding hydrogens is 1850 g/mol. The van der Waals surface area contributed by atoms with Gasteiger partial charge in [0.1, 0.15) is 73.2 Å². The van der Waals surface area contributed by atoms with E-state index in [-0.39, 0.29) is 92.5 Å². The van der Waals surface area contributed by atoms with Gasteiger partial charge in [-0.1, -0.05) is 303 Å². The Hall–Kier alpha value is -11.7. The van der Waals surface area contributed by atoms with Crippen LogP contribution in [0.25, 0.3) is 0 Å². The van der Waals surface area contributed by atoms with Gasteiger partial charge in [-0.05, 0) is 62.6 Å². The Kier molecular flexibility index (Phi) is 40.7. The first-order valence-corrected chi connectivity index (χ1v) is 48.5. The zero-order valence-electron chi connectivity index (χ0n) is 81.6. The van der Waals surface area contributed by atoms with E-state index in [4.69, 9.17) is 118 Å². The maximum atomic E-state index is 14.6. The normalized spacial score (nSPS) is 27.3. The summed E-state index contributed by atoms with van der Waals surface area (Å²) in [5.41, 5.74) is 7.57. The zero-order chi connectivity index (χ0) is 100. The van der Waals surface area contributed by atoms with E-state index in [9.17, 15) is 28.8 Å². The molecule has 5 fully saturated rings. The molecule has 31 heteroatoms. The number of carbonyl (C=O) groups excluding carboxylic acids is 6. The number of rotatable bonds is 49. The predicted molar refractivity (Wildman–Crippen MR) is 517 cm³/mol. The lowest BCUT2D eigenvalue weighted by molar-refractivity contribution is -0.392. The molecule has 5 aliphatic rings. The van der Waals surface area contributed by atoms with Gasteiger partial charge in [-0.25, -0.2) is 0 Å². The number of carbonyl (C=O) groups is 6. The van der Waals surface area contributed by atoms with Crippen LogP contribution in [0.1, 0.15) is 104 Å². The van der Waals surface area contributed by atoms with Gasteiger partial charge in [0, 0.05) is 41.5 Å². The van der Waals surface area contributed by atoms with Crippen molar-refractivity contribution in [3.63, 3.8) is 0 Å². The second-order valence-corrected chi connectivity index (χ2v) is 35.7. The third-order valence-electron chi connectivity index (χ3n) is 24.6. The van der Waals surface area contributed by atoms with E-state index in [1.54, 1.807) is 6.92 Å². The average Bonchev–Trinajstić information content (AvgIpc) is 0.684. The predicted octanol–water partition coefficient (Wildman–Crippen LogP) is 14.8. The Balaban J connectivity index is 0.869. The van der Waals surface area contributed by atoms with Crippen molar-refractivity contribution in [1.82, 2.24) is 0 Å². The molecule has 10 aromatic carbocycles. The van der Waals surface area contributed by atoms with Gasteiger partial charge in [-0.2, -0.15) is 0 Å². The second kappa shape index (κ2) is 55.0. The molecule has 5 heterocycles. The highest BCUT2D eigenvalue weighted by molar-refractivity contribution is 5.69. The average molecular weight is 1980 g/mol. The number of hydrogen-bond donors (Lipinski definition) is 0. The van der Waals surface area contributed by atoms with Gasteiger partial charge < -0.3 is 118 Å². The van der Waals surface area contributed by atoms with Crippen LogP contribution in [0.4, 0.5) is 0 Å². The minimum absolute atomic E-state index is 0.0442. The molecule has 10 aromatic rings. The van der Waals surface area contributed by atoms with Crippen molar-refractivity contribution in [1.29, 1.82) is 0 Å². The Labute approximate surface area is 838 Å². The summed E-state index contributed by atoms with van der Waals surface area (Å²) in [5, 5.41) is 0. The van der Waals surface area contributed by atoms with Crippen LogP contribution in [-0.2, 0) is 213 Å². The van der Waals surface area contributed by atoms with Gasteiger partial charge in [0.05, 0.1) is 105 Å². The van der Waals surface area contributed by atoms with E-state index in [0.29, 0.717) is 11.1 Å². The molecule has 25 atom stereocenters. The molecule has 5 aliphatic heterocycles. The highest BCUT2D eigenvalue weighted by Gasteiger charge is 2.61. The highest BCUT2D eigenvalue weighted by Crippen LogP contribution is 2.43. The number of hydrogen-bond acceptors (Lipinski definition) is 31. The molecule has 144 heavy (non-hydrogen) atoms. The Morgan fingerprint density at radius 3 is 0.611 bits per heavy atom. The monoisotopic (exact) mass is 1980 g/mol. The van der Waals surface area contributed by atoms with Gasteiger partial charge in [0.25, 0.3) is 0 Å². The first-order valence-electron chi connectivity index (χ1n) is 48.5. The van der Waals surface area contributed by atoms with E-state index in [1.165, 1.54) is 41.5 Å². The molecule has 0 amide bonds. The summed E-state index contributed by atoms with van der Waals surface area (Å²) < 4.78 is 174. The molecule has 0 spiro atoms. The van der Waals surface area contributed by atoms with Crippen LogP contribution in [0.15, 0.2) is 303 Å². The van der Waals surface area contributed by atoms with Crippen molar-refractivity contribution in [2.45, 2.75) is 268 Å². The van der Waals surface area contributed by atoms with E-state index in [2.05, 4.69) is 0 Å². The van der Waals surface area contributed by atoms with E-state index >= 15 is 0 Å². The quantitative estimate of drug-likeness (QED) is 0.0252. The smallest absolute Gasteiger partial charge is 0.303 e. The van der Waals surface area contributed by atoms with Gasteiger partial charge in [0.15, 0.2) is 74.0 Å². The summed E-state index contributed by atoms with van der Waals surface area (Å²) in [5.74, 6) is -4.90. The van der Waals surface area contributed by atoms with Crippen molar-refractivity contribution in [3.05, 3.63) is 359 Å². The van der Waals surface area contributed by atoms with E-state index < -0.39 is 196 Å². The third-order valence-corrected chi connectivity index (χ3v) is 24.6. The minimum atomic E-state index is -1.84. The highest BCUT2D eigenvalue weighted by atomic mass is 16.8. The van der Waals surface area contributed by atoms with E-state index in [0.717, 1.165) is 44.5 Å². The molecule has 31 nitrogen and oxygen atoms in total. The lowest BCUT2D eigenvalue weighted by Crippen LogP contribution is -2.69. The lowest BCUT2D eigenvalue weighted by atomic mass is 9.93. The zero-order valence-corrected chi connectivity index (χ0v) is 81.6. The summed E-state index contributed by atoms with van der Waals surface area (Å²) in [4.78, 5) is 85.1. The largest absolute Gasteiger partial charge is 0.457 e. The Morgan fingerprint density at radius 2 is 0.368 bits per heavy atom. The number of ether oxygens (including phenoxy) is 25. The molecule has 764 valence electrons. The Morgan fingerprint density at radius 1 is 0.188 bits per heavy atom. The standard InChI is InChI=1S/C113H126O31/c1-73-95(124-62-84-46-26-12-27-47-84)101(142-113-109(105(135-77(5)117)99(128-66-88-54-34-16-35-55-88)93(141-113)71-123-61-83-44-24-11-25-45-83)144-112-108(137-79(7)119)104(134-76(4)116)98(127-65-87-52-32-15-33-53-87)92(140-112)70-122-60-82-42-22-10-23-43-82)100(129-67-89-56-36-17-37-57-89)94(131-73)72-130-110-106(102(132-74(2)114)96(125-63-85-48-28-13-29-49-85)90(138-110)68-120-58-80-38-18-8-19-39-80)143-111-107(136-78(6)118)103(133-75(3)115)97(126-64-86-50-30-14-31-51-86)91(139-111)69-121-59-81-40-20-9-21-41-81/h8-57,73,90-113H,58-72H2,1-7H3/t73-,90?,91?,92?,93?,94?,95?,96-,97-,98+,99+,100-,101-,102+,103+,104?,105?,106?,107?,108?,109?,110+,111-,112-,113-/m1/s1. The topological polar surface area (TPSA) is 333 Å². The van der Waals surface area contributed by atoms with Crippen LogP contribution in [-0.4, -0.2) is 222 Å². The maximum absolute atomic E-state index is 14.6. The van der Waals surface area contributed by atoms with Crippen LogP contribution < -0.4 is 0 Å². The first kappa shape index (κ1) is 107. The van der Waals surface area contributed by atoms with Crippen molar-refractivity contribution in [2.24, 2.45) is 0 Å². The van der Waals surface area contributed by atoms with Crippen LogP contribution in [0.2, 0.25) is 0 Å². The molecule has 12 unspecified atom stereocenters. The molecule has 0 radical (unpaired) electrons. The van der Waals surface area contributed by atoms with Gasteiger partial charge >= 0.3 is 35.8 Å². The van der Waals surface area contributed by atoms with Gasteiger partial charge in [-0.3, -0.25) is 28.8 Å². The molecule has 0 N–H and O–H groups in total. The van der Waals surface area contributed by atoms with Crippen molar-refractivity contribution >= 4 is 35.8 Å². The molecule has 0 aliphatic carbocycles. The molecule has 15 rings (SSSR count). The summed E-state index contributed by atoms with van der Waals surface area (Å²) in [6.45, 7) is 7.29. The summed E-state index contributed by atoms with van der Waals surface area (Å²) in [6.07, 6.45) is -36.9. The Bertz CT molecular complexity index is 5490. The van der Waals surface area contributed by atoms with Gasteiger partial charge in [0.2, 0.25) is 0 Å². The SMILES string of the molecule is CC(=O)OC1C(OC(C)=O)[C@@H](OCc2ccccc2)C(COCc2ccccc2)O[C@@H]1OC1C(OC(C)=O)[C@@H](OCc2ccccc2)C(COCc2ccccc2)O[C@@H]1O[C@@H]1C(OCc2ccccc2)[C@@H](C)OC(CO[C@H]2OC(COCc3ccccc3)[C@@H](OCc3ccccc3)[C@H](OC(C)=O)C2O[C@H]2OC(COCc3ccccc3)[C@@H](OCc3ccccc3)[C@H](OC(C)=O)C2OC(C)=O)[C@H]1OCc1ccccc1. The number of benzene rings is 10. The number of esters is 6. The molecule has 0 saturated carbocycles. The first-order chi connectivity index (χ1) is 70.2. The summed E-state index contributed by atoms with van der Waals surface area (Å²) >= 11 is 0.